The van der Waals surface area contributed by atoms with E-state index in [1.165, 1.54) is 219 Å². The summed E-state index contributed by atoms with van der Waals surface area (Å²) in [6, 6.07) is 0.725. The molecule has 2 atom stereocenters. The number of rotatable bonds is 37. The molecular weight excluding hydrogens is 518 g/mol. The van der Waals surface area contributed by atoms with Crippen LogP contribution < -0.4 is 0 Å². The van der Waals surface area contributed by atoms with Crippen molar-refractivity contribution in [3.63, 3.8) is 0 Å². The van der Waals surface area contributed by atoms with Gasteiger partial charge in [0.25, 0.3) is 0 Å². The molecule has 0 aliphatic rings. The SMILES string of the molecule is C=CC(CCCCCCCCCCCCCCCC)CN(CCCC)C(C)CCCCCCCCCCCCCCCC. The minimum absolute atomic E-state index is 0.674. The molecule has 0 N–H and O–H groups in total. The van der Waals surface area contributed by atoms with Crippen LogP contribution >= 0.6 is 0 Å². The summed E-state index contributed by atoms with van der Waals surface area (Å²) in [7, 11) is 0. The summed E-state index contributed by atoms with van der Waals surface area (Å²) >= 11 is 0. The van der Waals surface area contributed by atoms with Gasteiger partial charge in [0.2, 0.25) is 0 Å². The molecular formula is C42H85N. The Morgan fingerprint density at radius 3 is 1.05 bits per heavy atom. The van der Waals surface area contributed by atoms with E-state index in [2.05, 4.69) is 45.2 Å². The van der Waals surface area contributed by atoms with Gasteiger partial charge in [-0.25, -0.2) is 0 Å². The summed E-state index contributed by atoms with van der Waals surface area (Å²) in [6.07, 6.45) is 48.2. The minimum atomic E-state index is 0.674. The lowest BCUT2D eigenvalue weighted by molar-refractivity contribution is 0.171. The highest BCUT2D eigenvalue weighted by Crippen LogP contribution is 2.20. The third-order valence-electron chi connectivity index (χ3n) is 10.1. The average Bonchev–Trinajstić information content (AvgIpc) is 3.02. The lowest BCUT2D eigenvalue weighted by atomic mass is 9.97. The van der Waals surface area contributed by atoms with Crippen molar-refractivity contribution in [1.82, 2.24) is 4.90 Å². The van der Waals surface area contributed by atoms with E-state index in [4.69, 9.17) is 0 Å². The van der Waals surface area contributed by atoms with E-state index in [9.17, 15) is 0 Å². The van der Waals surface area contributed by atoms with Gasteiger partial charge in [-0.3, -0.25) is 0 Å². The van der Waals surface area contributed by atoms with Gasteiger partial charge in [-0.15, -0.1) is 6.58 Å². The molecule has 0 radical (unpaired) electrons. The summed E-state index contributed by atoms with van der Waals surface area (Å²) in [5.74, 6) is 0.674. The van der Waals surface area contributed by atoms with E-state index < -0.39 is 0 Å². The minimum Gasteiger partial charge on any atom is -0.300 e. The molecule has 258 valence electrons. The van der Waals surface area contributed by atoms with E-state index >= 15 is 0 Å². The fraction of sp³-hybridized carbons (Fsp3) is 0.952. The Hall–Kier alpha value is -0.300. The molecule has 0 aromatic rings. The number of unbranched alkanes of at least 4 members (excludes halogenated alkanes) is 27. The van der Waals surface area contributed by atoms with Crippen molar-refractivity contribution in [3.8, 4) is 0 Å². The molecule has 0 spiro atoms. The van der Waals surface area contributed by atoms with Crippen LogP contribution in [0.3, 0.4) is 0 Å². The summed E-state index contributed by atoms with van der Waals surface area (Å²) in [4.78, 5) is 2.82. The monoisotopic (exact) mass is 604 g/mol. The van der Waals surface area contributed by atoms with E-state index in [-0.39, 0.29) is 0 Å². The van der Waals surface area contributed by atoms with Crippen LogP contribution in [0.5, 0.6) is 0 Å². The van der Waals surface area contributed by atoms with Gasteiger partial charge < -0.3 is 4.90 Å². The van der Waals surface area contributed by atoms with E-state index in [1.54, 1.807) is 0 Å². The molecule has 0 aliphatic heterocycles. The van der Waals surface area contributed by atoms with Gasteiger partial charge in [0.1, 0.15) is 0 Å². The molecule has 0 aromatic carbocycles. The molecule has 0 saturated carbocycles. The maximum absolute atomic E-state index is 4.25. The fourth-order valence-electron chi connectivity index (χ4n) is 6.86. The summed E-state index contributed by atoms with van der Waals surface area (Å²) in [6.45, 7) is 16.2. The van der Waals surface area contributed by atoms with E-state index in [0.29, 0.717) is 5.92 Å². The highest BCUT2D eigenvalue weighted by molar-refractivity contribution is 4.83. The van der Waals surface area contributed by atoms with Crippen LogP contribution in [0.25, 0.3) is 0 Å². The van der Waals surface area contributed by atoms with Crippen LogP contribution in [0.2, 0.25) is 0 Å². The quantitative estimate of drug-likeness (QED) is 0.0504. The molecule has 0 rings (SSSR count). The predicted octanol–water partition coefficient (Wildman–Crippen LogP) is 15.0. The maximum atomic E-state index is 4.25. The Balaban J connectivity index is 3.86. The first-order valence-corrected chi connectivity index (χ1v) is 20.6. The normalized spacial score (nSPS) is 13.1. The molecule has 1 heteroatoms. The largest absolute Gasteiger partial charge is 0.300 e. The highest BCUT2D eigenvalue weighted by atomic mass is 15.1. The standard InChI is InChI=1S/C42H85N/c1-6-10-13-15-17-19-21-23-25-27-29-31-33-35-37-41(5)43(39-12-8-3)40-42(9-4)38-36-34-32-30-28-26-24-22-20-18-16-14-11-7-2/h9,41-42H,4,6-8,10-40H2,1-3,5H3. The molecule has 2 unspecified atom stereocenters. The van der Waals surface area contributed by atoms with Crippen LogP contribution in [0.15, 0.2) is 12.7 Å². The molecule has 0 bridgehead atoms. The Morgan fingerprint density at radius 1 is 0.419 bits per heavy atom. The Kier molecular flexibility index (Phi) is 35.9. The van der Waals surface area contributed by atoms with Crippen molar-refractivity contribution in [2.75, 3.05) is 13.1 Å². The molecule has 0 saturated heterocycles. The summed E-state index contributed by atoms with van der Waals surface area (Å²) in [5.41, 5.74) is 0. The highest BCUT2D eigenvalue weighted by Gasteiger charge is 2.17. The van der Waals surface area contributed by atoms with Gasteiger partial charge in [-0.05, 0) is 38.6 Å². The second-order valence-corrected chi connectivity index (χ2v) is 14.5. The maximum Gasteiger partial charge on any atom is 0.00671 e. The summed E-state index contributed by atoms with van der Waals surface area (Å²) in [5, 5.41) is 0. The second kappa shape index (κ2) is 36.2. The van der Waals surface area contributed by atoms with Gasteiger partial charge in [-0.1, -0.05) is 213 Å². The predicted molar refractivity (Wildman–Crippen MR) is 199 cm³/mol. The fourth-order valence-corrected chi connectivity index (χ4v) is 6.86. The first kappa shape index (κ1) is 42.7. The Labute approximate surface area is 275 Å². The smallest absolute Gasteiger partial charge is 0.00671 e. The van der Waals surface area contributed by atoms with Crippen molar-refractivity contribution in [2.24, 2.45) is 5.92 Å². The lowest BCUT2D eigenvalue weighted by Crippen LogP contribution is -2.37. The van der Waals surface area contributed by atoms with Gasteiger partial charge >= 0.3 is 0 Å². The Bertz CT molecular complexity index is 513. The zero-order chi connectivity index (χ0) is 31.5. The first-order chi connectivity index (χ1) is 21.2. The van der Waals surface area contributed by atoms with Gasteiger partial charge in [0.15, 0.2) is 0 Å². The molecule has 0 amide bonds. The second-order valence-electron chi connectivity index (χ2n) is 14.5. The summed E-state index contributed by atoms with van der Waals surface area (Å²) < 4.78 is 0. The van der Waals surface area contributed by atoms with Gasteiger partial charge in [0.05, 0.1) is 0 Å². The van der Waals surface area contributed by atoms with Crippen molar-refractivity contribution in [2.45, 2.75) is 239 Å². The number of nitrogens with zero attached hydrogens (tertiary/aromatic N) is 1. The van der Waals surface area contributed by atoms with Crippen LogP contribution in [-0.2, 0) is 0 Å². The van der Waals surface area contributed by atoms with Crippen LogP contribution in [0.4, 0.5) is 0 Å². The average molecular weight is 604 g/mol. The molecule has 43 heavy (non-hydrogen) atoms. The number of hydrogen-bond donors (Lipinski definition) is 0. The molecule has 0 aliphatic carbocycles. The lowest BCUT2D eigenvalue weighted by Gasteiger charge is -2.32. The number of hydrogen-bond acceptors (Lipinski definition) is 1. The third kappa shape index (κ3) is 31.5. The van der Waals surface area contributed by atoms with Crippen molar-refractivity contribution < 1.29 is 0 Å². The first-order valence-electron chi connectivity index (χ1n) is 20.6. The van der Waals surface area contributed by atoms with Crippen molar-refractivity contribution >= 4 is 0 Å². The molecule has 0 aromatic heterocycles. The molecule has 0 fully saturated rings. The van der Waals surface area contributed by atoms with E-state index in [1.807, 2.05) is 0 Å². The molecule has 0 heterocycles. The van der Waals surface area contributed by atoms with Crippen LogP contribution in [0, 0.1) is 5.92 Å². The van der Waals surface area contributed by atoms with Crippen molar-refractivity contribution in [3.05, 3.63) is 12.7 Å². The third-order valence-corrected chi connectivity index (χ3v) is 10.1. The Morgan fingerprint density at radius 2 is 0.721 bits per heavy atom. The zero-order valence-electron chi connectivity index (χ0n) is 30.9. The van der Waals surface area contributed by atoms with Crippen LogP contribution in [0.1, 0.15) is 233 Å². The van der Waals surface area contributed by atoms with Gasteiger partial charge in [0, 0.05) is 12.6 Å². The van der Waals surface area contributed by atoms with Gasteiger partial charge in [-0.2, -0.15) is 0 Å². The zero-order valence-corrected chi connectivity index (χ0v) is 30.9. The van der Waals surface area contributed by atoms with Crippen molar-refractivity contribution in [1.29, 1.82) is 0 Å². The topological polar surface area (TPSA) is 3.24 Å². The molecule has 1 nitrogen and oxygen atoms in total. The van der Waals surface area contributed by atoms with E-state index in [0.717, 1.165) is 6.04 Å². The van der Waals surface area contributed by atoms with Crippen LogP contribution in [-0.4, -0.2) is 24.0 Å².